The third-order valence-corrected chi connectivity index (χ3v) is 4.38. The summed E-state index contributed by atoms with van der Waals surface area (Å²) in [7, 11) is 1.55. The second-order valence-corrected chi connectivity index (χ2v) is 6.43. The summed E-state index contributed by atoms with van der Waals surface area (Å²) in [6, 6.07) is 11.0. The Hall–Kier alpha value is -3.12. The second-order valence-electron chi connectivity index (χ2n) is 6.02. The van der Waals surface area contributed by atoms with E-state index in [2.05, 4.69) is 20.6 Å². The first-order chi connectivity index (χ1) is 13.0. The molecule has 2 aromatic carbocycles. The Bertz CT molecular complexity index is 974. The lowest BCUT2D eigenvalue weighted by atomic mass is 10.1. The van der Waals surface area contributed by atoms with Gasteiger partial charge in [-0.25, -0.2) is 9.97 Å². The Morgan fingerprint density at radius 1 is 1.00 bits per heavy atom. The van der Waals surface area contributed by atoms with Crippen molar-refractivity contribution < 1.29 is 9.53 Å². The Kier molecular flexibility index (Phi) is 5.57. The number of halogens is 1. The van der Waals surface area contributed by atoms with Gasteiger partial charge in [-0.2, -0.15) is 0 Å². The first-order valence-corrected chi connectivity index (χ1v) is 8.65. The van der Waals surface area contributed by atoms with Gasteiger partial charge >= 0.3 is 0 Å². The maximum atomic E-state index is 12.4. The largest absolute Gasteiger partial charge is 0.495 e. The van der Waals surface area contributed by atoms with E-state index < -0.39 is 0 Å². The highest BCUT2D eigenvalue weighted by molar-refractivity contribution is 6.32. The number of nitrogens with zero attached hydrogens (tertiary/aromatic N) is 2. The third kappa shape index (κ3) is 4.54. The van der Waals surface area contributed by atoms with Crippen molar-refractivity contribution in [2.75, 3.05) is 17.7 Å². The molecule has 27 heavy (non-hydrogen) atoms. The van der Waals surface area contributed by atoms with E-state index in [-0.39, 0.29) is 5.91 Å². The fraction of sp³-hybridized carbons (Fsp3) is 0.150. The molecule has 3 rings (SSSR count). The summed E-state index contributed by atoms with van der Waals surface area (Å²) < 4.78 is 5.12. The van der Waals surface area contributed by atoms with Crippen LogP contribution in [0.2, 0.25) is 5.02 Å². The lowest BCUT2D eigenvalue weighted by Crippen LogP contribution is -2.13. The predicted molar refractivity (Wildman–Crippen MR) is 107 cm³/mol. The maximum Gasteiger partial charge on any atom is 0.258 e. The summed E-state index contributed by atoms with van der Waals surface area (Å²) >= 11 is 6.10. The molecule has 0 radical (unpaired) electrons. The van der Waals surface area contributed by atoms with Crippen LogP contribution in [0.3, 0.4) is 0 Å². The molecule has 0 aliphatic rings. The summed E-state index contributed by atoms with van der Waals surface area (Å²) in [5.41, 5.74) is 4.10. The molecule has 0 unspecified atom stereocenters. The molecule has 1 aromatic heterocycles. The minimum absolute atomic E-state index is 0.266. The first-order valence-electron chi connectivity index (χ1n) is 8.27. The Balaban J connectivity index is 1.68. The molecule has 6 nitrogen and oxygen atoms in total. The number of carbonyl (C=O) groups is 1. The molecule has 0 saturated heterocycles. The van der Waals surface area contributed by atoms with Crippen LogP contribution in [0.4, 0.5) is 17.3 Å². The Labute approximate surface area is 162 Å². The average molecular weight is 383 g/mol. The number of nitrogens with one attached hydrogen (secondary N) is 2. The van der Waals surface area contributed by atoms with Gasteiger partial charge in [-0.05, 0) is 55.3 Å². The molecule has 0 saturated carbocycles. The standard InChI is InChI=1S/C20H19ClN4O2/c1-12-4-5-15(8-13(12)2)24-19(26)14-10-22-20(23-11-14)25-16-6-7-18(27-3)17(21)9-16/h4-11H,1-3H3,(H,24,26)(H,22,23,25). The average Bonchev–Trinajstić information content (AvgIpc) is 2.65. The van der Waals surface area contributed by atoms with Crippen molar-refractivity contribution in [2.45, 2.75) is 13.8 Å². The molecule has 0 bridgehead atoms. The number of carbonyl (C=O) groups excluding carboxylic acids is 1. The van der Waals surface area contributed by atoms with Gasteiger partial charge < -0.3 is 15.4 Å². The highest BCUT2D eigenvalue weighted by Gasteiger charge is 2.09. The topological polar surface area (TPSA) is 76.1 Å². The second kappa shape index (κ2) is 8.05. The van der Waals surface area contributed by atoms with Crippen LogP contribution in [0.1, 0.15) is 21.5 Å². The molecule has 1 heterocycles. The molecule has 3 aromatic rings. The zero-order valence-corrected chi connectivity index (χ0v) is 16.0. The monoisotopic (exact) mass is 382 g/mol. The van der Waals surface area contributed by atoms with Gasteiger partial charge in [0.05, 0.1) is 17.7 Å². The van der Waals surface area contributed by atoms with Crippen LogP contribution in [0.25, 0.3) is 0 Å². The highest BCUT2D eigenvalue weighted by Crippen LogP contribution is 2.28. The molecule has 0 spiro atoms. The predicted octanol–water partition coefficient (Wildman–Crippen LogP) is 4.75. The molecule has 0 fully saturated rings. The number of amides is 1. The van der Waals surface area contributed by atoms with Gasteiger partial charge in [0.15, 0.2) is 0 Å². The van der Waals surface area contributed by atoms with E-state index in [1.54, 1.807) is 25.3 Å². The van der Waals surface area contributed by atoms with E-state index in [4.69, 9.17) is 16.3 Å². The molecule has 1 amide bonds. The number of methoxy groups -OCH3 is 1. The normalized spacial score (nSPS) is 10.4. The van der Waals surface area contributed by atoms with E-state index in [0.29, 0.717) is 28.0 Å². The number of rotatable bonds is 5. The molecule has 0 aliphatic heterocycles. The number of benzene rings is 2. The van der Waals surface area contributed by atoms with Crippen LogP contribution in [-0.2, 0) is 0 Å². The smallest absolute Gasteiger partial charge is 0.258 e. The number of aromatic nitrogens is 2. The molecule has 0 aliphatic carbocycles. The molecule has 7 heteroatoms. The lowest BCUT2D eigenvalue weighted by Gasteiger charge is -2.09. The maximum absolute atomic E-state index is 12.4. The number of hydrogen-bond donors (Lipinski definition) is 2. The van der Waals surface area contributed by atoms with E-state index in [0.717, 1.165) is 11.3 Å². The Morgan fingerprint density at radius 2 is 1.70 bits per heavy atom. The fourth-order valence-electron chi connectivity index (χ4n) is 2.41. The molecular formula is C20H19ClN4O2. The van der Waals surface area contributed by atoms with Gasteiger partial charge in [0, 0.05) is 23.8 Å². The van der Waals surface area contributed by atoms with Gasteiger partial charge in [-0.3, -0.25) is 4.79 Å². The summed E-state index contributed by atoms with van der Waals surface area (Å²) in [6.45, 7) is 4.02. The van der Waals surface area contributed by atoms with Crippen molar-refractivity contribution >= 4 is 34.8 Å². The highest BCUT2D eigenvalue weighted by atomic mass is 35.5. The van der Waals surface area contributed by atoms with E-state index in [1.165, 1.54) is 18.0 Å². The van der Waals surface area contributed by atoms with Gasteiger partial charge in [0.25, 0.3) is 5.91 Å². The van der Waals surface area contributed by atoms with Gasteiger partial charge in [-0.15, -0.1) is 0 Å². The quantitative estimate of drug-likeness (QED) is 0.665. The lowest BCUT2D eigenvalue weighted by molar-refractivity contribution is 0.102. The van der Waals surface area contributed by atoms with E-state index >= 15 is 0 Å². The fourth-order valence-corrected chi connectivity index (χ4v) is 2.66. The summed E-state index contributed by atoms with van der Waals surface area (Å²) in [6.07, 6.45) is 2.94. The summed E-state index contributed by atoms with van der Waals surface area (Å²) in [4.78, 5) is 20.7. The van der Waals surface area contributed by atoms with Crippen LogP contribution in [-0.4, -0.2) is 23.0 Å². The van der Waals surface area contributed by atoms with Crippen molar-refractivity contribution in [3.05, 3.63) is 70.5 Å². The van der Waals surface area contributed by atoms with Crippen LogP contribution >= 0.6 is 11.6 Å². The first kappa shape index (κ1) is 18.7. The Morgan fingerprint density at radius 3 is 2.33 bits per heavy atom. The zero-order valence-electron chi connectivity index (χ0n) is 15.2. The molecule has 2 N–H and O–H groups in total. The minimum atomic E-state index is -0.266. The number of ether oxygens (including phenoxy) is 1. The van der Waals surface area contributed by atoms with Gasteiger partial charge in [-0.1, -0.05) is 17.7 Å². The number of hydrogen-bond acceptors (Lipinski definition) is 5. The van der Waals surface area contributed by atoms with Crippen LogP contribution in [0.15, 0.2) is 48.8 Å². The van der Waals surface area contributed by atoms with Crippen LogP contribution < -0.4 is 15.4 Å². The van der Waals surface area contributed by atoms with Crippen molar-refractivity contribution in [1.29, 1.82) is 0 Å². The van der Waals surface area contributed by atoms with E-state index in [9.17, 15) is 4.79 Å². The molecule has 138 valence electrons. The van der Waals surface area contributed by atoms with Crippen molar-refractivity contribution in [3.8, 4) is 5.75 Å². The summed E-state index contributed by atoms with van der Waals surface area (Å²) in [5, 5.41) is 6.36. The van der Waals surface area contributed by atoms with E-state index in [1.807, 2.05) is 32.0 Å². The number of aryl methyl sites for hydroxylation is 2. The van der Waals surface area contributed by atoms with Crippen LogP contribution in [0.5, 0.6) is 5.75 Å². The van der Waals surface area contributed by atoms with Gasteiger partial charge in [0.2, 0.25) is 5.95 Å². The molecular weight excluding hydrogens is 364 g/mol. The van der Waals surface area contributed by atoms with Crippen molar-refractivity contribution in [1.82, 2.24) is 9.97 Å². The molecule has 0 atom stereocenters. The van der Waals surface area contributed by atoms with Crippen molar-refractivity contribution in [3.63, 3.8) is 0 Å². The number of anilines is 3. The van der Waals surface area contributed by atoms with Crippen LogP contribution in [0, 0.1) is 13.8 Å². The third-order valence-electron chi connectivity index (χ3n) is 4.09. The summed E-state index contributed by atoms with van der Waals surface area (Å²) in [5.74, 6) is 0.678. The minimum Gasteiger partial charge on any atom is -0.495 e. The SMILES string of the molecule is COc1ccc(Nc2ncc(C(=O)Nc3ccc(C)c(C)c3)cn2)cc1Cl. The zero-order chi connectivity index (χ0) is 19.4. The van der Waals surface area contributed by atoms with Gasteiger partial charge in [0.1, 0.15) is 5.75 Å². The van der Waals surface area contributed by atoms with Crippen molar-refractivity contribution in [2.24, 2.45) is 0 Å².